The smallest absolute Gasteiger partial charge is 0.335 e. The number of benzene rings is 2. The van der Waals surface area contributed by atoms with E-state index in [4.69, 9.17) is 9.84 Å². The maximum absolute atomic E-state index is 14.0. The summed E-state index contributed by atoms with van der Waals surface area (Å²) in [4.78, 5) is 25.5. The molecule has 0 amide bonds. The van der Waals surface area contributed by atoms with E-state index < -0.39 is 30.3 Å². The molecular formula is C24H26F3NO4. The number of ether oxygens (including phenoxy) is 1. The van der Waals surface area contributed by atoms with Gasteiger partial charge in [-0.2, -0.15) is 0 Å². The molecule has 2 aromatic rings. The number of halogens is 3. The molecule has 5 nitrogen and oxygen atoms in total. The number of alkyl halides is 2. The maximum Gasteiger partial charge on any atom is 0.335 e. The van der Waals surface area contributed by atoms with Gasteiger partial charge in [0.05, 0.1) is 18.2 Å². The monoisotopic (exact) mass is 449 g/mol. The van der Waals surface area contributed by atoms with Crippen LogP contribution in [0.25, 0.3) is 0 Å². The molecule has 172 valence electrons. The molecule has 2 aromatic carbocycles. The zero-order valence-electron chi connectivity index (χ0n) is 17.8. The van der Waals surface area contributed by atoms with Crippen LogP contribution in [-0.2, 0) is 4.79 Å². The van der Waals surface area contributed by atoms with E-state index >= 15 is 0 Å². The van der Waals surface area contributed by atoms with Crippen molar-refractivity contribution in [2.75, 3.05) is 19.7 Å². The van der Waals surface area contributed by atoms with Gasteiger partial charge in [-0.3, -0.25) is 9.69 Å². The van der Waals surface area contributed by atoms with Crippen molar-refractivity contribution in [2.24, 2.45) is 0 Å². The third-order valence-electron chi connectivity index (χ3n) is 5.73. The van der Waals surface area contributed by atoms with Crippen molar-refractivity contribution < 1.29 is 32.6 Å². The van der Waals surface area contributed by atoms with Crippen LogP contribution in [0.2, 0.25) is 0 Å². The Balaban J connectivity index is 1.61. The van der Waals surface area contributed by atoms with E-state index in [1.807, 2.05) is 6.92 Å². The summed E-state index contributed by atoms with van der Waals surface area (Å²) >= 11 is 0. The van der Waals surface area contributed by atoms with Gasteiger partial charge in [0.1, 0.15) is 18.2 Å². The second kappa shape index (κ2) is 10.2. The number of Topliss-reactive ketones (excluding diaryl/α,β-unsaturated/α-hetero) is 1. The average molecular weight is 449 g/mol. The zero-order chi connectivity index (χ0) is 23.3. The van der Waals surface area contributed by atoms with Crippen molar-refractivity contribution in [3.63, 3.8) is 0 Å². The predicted molar refractivity (Wildman–Crippen MR) is 113 cm³/mol. The van der Waals surface area contributed by atoms with Crippen LogP contribution in [0, 0.1) is 5.82 Å². The maximum atomic E-state index is 14.0. The van der Waals surface area contributed by atoms with Gasteiger partial charge in [0, 0.05) is 19.4 Å². The fourth-order valence-electron chi connectivity index (χ4n) is 3.94. The summed E-state index contributed by atoms with van der Waals surface area (Å²) in [7, 11) is 0. The van der Waals surface area contributed by atoms with E-state index in [1.54, 1.807) is 12.1 Å². The number of hydrogen-bond donors (Lipinski definition) is 1. The van der Waals surface area contributed by atoms with Crippen molar-refractivity contribution in [3.8, 4) is 5.75 Å². The molecule has 1 saturated heterocycles. The molecule has 2 atom stereocenters. The number of rotatable bonds is 9. The Labute approximate surface area is 184 Å². The Morgan fingerprint density at radius 3 is 2.44 bits per heavy atom. The van der Waals surface area contributed by atoms with Crippen LogP contribution in [0.15, 0.2) is 48.5 Å². The van der Waals surface area contributed by atoms with Crippen molar-refractivity contribution in [3.05, 3.63) is 65.5 Å². The summed E-state index contributed by atoms with van der Waals surface area (Å²) in [5, 5.41) is 9.01. The van der Waals surface area contributed by atoms with E-state index in [0.29, 0.717) is 5.75 Å². The number of ketones is 1. The Hall–Kier alpha value is -2.87. The molecule has 32 heavy (non-hydrogen) atoms. The standard InChI is InChI=1S/C24H26F3NO4/c1-16(17-2-4-18(5-3-17)23(30)31)14-22(29)21-10-11-24(26,27)15-28(21)12-13-32-20-8-6-19(25)7-9-20/h2-9,16,21H,10-15H2,1H3,(H,30,31)/t16-,21-/m1/s1. The number of hydrogen-bond acceptors (Lipinski definition) is 4. The summed E-state index contributed by atoms with van der Waals surface area (Å²) in [5.74, 6) is -4.17. The van der Waals surface area contributed by atoms with Gasteiger partial charge in [-0.05, 0) is 54.3 Å². The summed E-state index contributed by atoms with van der Waals surface area (Å²) in [6.45, 7) is 1.58. The zero-order valence-corrected chi connectivity index (χ0v) is 17.8. The lowest BCUT2D eigenvalue weighted by Crippen LogP contribution is -2.53. The first-order chi connectivity index (χ1) is 15.1. The van der Waals surface area contributed by atoms with Crippen molar-refractivity contribution in [2.45, 2.75) is 44.1 Å². The lowest BCUT2D eigenvalue weighted by atomic mass is 9.88. The lowest BCUT2D eigenvalue weighted by Gasteiger charge is -2.38. The molecule has 0 spiro atoms. The van der Waals surface area contributed by atoms with Crippen molar-refractivity contribution in [1.82, 2.24) is 4.90 Å². The minimum atomic E-state index is -2.87. The van der Waals surface area contributed by atoms with Gasteiger partial charge in [0.2, 0.25) is 0 Å². The number of carboxylic acids is 1. The number of carbonyl (C=O) groups excluding carboxylic acids is 1. The van der Waals surface area contributed by atoms with E-state index in [1.165, 1.54) is 41.3 Å². The van der Waals surface area contributed by atoms with Crippen molar-refractivity contribution >= 4 is 11.8 Å². The molecule has 1 aliphatic heterocycles. The van der Waals surface area contributed by atoms with Crippen LogP contribution in [-0.4, -0.2) is 53.4 Å². The third kappa shape index (κ3) is 6.32. The normalized spacial score (nSPS) is 19.3. The molecule has 0 aliphatic carbocycles. The largest absolute Gasteiger partial charge is 0.492 e. The van der Waals surface area contributed by atoms with Crippen LogP contribution in [0.4, 0.5) is 13.2 Å². The quantitative estimate of drug-likeness (QED) is 0.598. The van der Waals surface area contributed by atoms with Gasteiger partial charge in [-0.15, -0.1) is 0 Å². The minimum absolute atomic E-state index is 0.0626. The highest BCUT2D eigenvalue weighted by Crippen LogP contribution is 2.32. The number of aromatic carboxylic acids is 1. The Morgan fingerprint density at radius 2 is 1.81 bits per heavy atom. The molecule has 1 heterocycles. The van der Waals surface area contributed by atoms with Crippen molar-refractivity contribution in [1.29, 1.82) is 0 Å². The summed E-state index contributed by atoms with van der Waals surface area (Å²) in [5.41, 5.74) is 0.977. The number of carbonyl (C=O) groups is 2. The fraction of sp³-hybridized carbons (Fsp3) is 0.417. The molecule has 1 aliphatic rings. The van der Waals surface area contributed by atoms with Gasteiger partial charge < -0.3 is 9.84 Å². The molecule has 0 aromatic heterocycles. The number of piperidine rings is 1. The first-order valence-electron chi connectivity index (χ1n) is 10.5. The minimum Gasteiger partial charge on any atom is -0.492 e. The first-order valence-corrected chi connectivity index (χ1v) is 10.5. The number of carboxylic acid groups (broad SMARTS) is 1. The topological polar surface area (TPSA) is 66.8 Å². The van der Waals surface area contributed by atoms with Gasteiger partial charge in [0.15, 0.2) is 5.78 Å². The molecule has 1 fully saturated rings. The Bertz CT molecular complexity index is 931. The summed E-state index contributed by atoms with van der Waals surface area (Å²) in [6.07, 6.45) is -0.120. The summed E-state index contributed by atoms with van der Waals surface area (Å²) in [6, 6.07) is 11.1. The van der Waals surface area contributed by atoms with Crippen LogP contribution in [0.5, 0.6) is 5.75 Å². The molecule has 3 rings (SSSR count). The highest BCUT2D eigenvalue weighted by atomic mass is 19.3. The molecule has 0 saturated carbocycles. The fourth-order valence-corrected chi connectivity index (χ4v) is 3.94. The SMILES string of the molecule is C[C@H](CC(=O)[C@H]1CCC(F)(F)CN1CCOc1ccc(F)cc1)c1ccc(C(=O)O)cc1. The van der Waals surface area contributed by atoms with Gasteiger partial charge in [0.25, 0.3) is 5.92 Å². The number of nitrogens with zero attached hydrogens (tertiary/aromatic N) is 1. The van der Waals surface area contributed by atoms with Crippen LogP contribution in [0.3, 0.4) is 0 Å². The van der Waals surface area contributed by atoms with Gasteiger partial charge >= 0.3 is 5.97 Å². The summed E-state index contributed by atoms with van der Waals surface area (Å²) < 4.78 is 46.6. The molecule has 0 radical (unpaired) electrons. The average Bonchev–Trinajstić information content (AvgIpc) is 2.74. The second-order valence-corrected chi connectivity index (χ2v) is 8.18. The van der Waals surface area contributed by atoms with E-state index in [0.717, 1.165) is 5.56 Å². The molecule has 8 heteroatoms. The molecular weight excluding hydrogens is 423 g/mol. The van der Waals surface area contributed by atoms with Crippen LogP contribution < -0.4 is 4.74 Å². The first kappa shape index (κ1) is 23.8. The predicted octanol–water partition coefficient (Wildman–Crippen LogP) is 4.77. The highest BCUT2D eigenvalue weighted by molar-refractivity contribution is 5.87. The van der Waals surface area contributed by atoms with Crippen LogP contribution in [0.1, 0.15) is 48.0 Å². The third-order valence-corrected chi connectivity index (χ3v) is 5.73. The lowest BCUT2D eigenvalue weighted by molar-refractivity contribution is -0.134. The number of likely N-dealkylation sites (tertiary alicyclic amines) is 1. The molecule has 0 bridgehead atoms. The molecule has 0 unspecified atom stereocenters. The van der Waals surface area contributed by atoms with E-state index in [-0.39, 0.29) is 49.7 Å². The Morgan fingerprint density at radius 1 is 1.16 bits per heavy atom. The van der Waals surface area contributed by atoms with Crippen LogP contribution >= 0.6 is 0 Å². The van der Waals surface area contributed by atoms with E-state index in [9.17, 15) is 22.8 Å². The van der Waals surface area contributed by atoms with E-state index in [2.05, 4.69) is 0 Å². The van der Waals surface area contributed by atoms with Gasteiger partial charge in [-0.25, -0.2) is 18.0 Å². The highest BCUT2D eigenvalue weighted by Gasteiger charge is 2.42. The van der Waals surface area contributed by atoms with Gasteiger partial charge in [-0.1, -0.05) is 19.1 Å². The Kier molecular flexibility index (Phi) is 7.56. The second-order valence-electron chi connectivity index (χ2n) is 8.18. The molecule has 1 N–H and O–H groups in total.